The summed E-state index contributed by atoms with van der Waals surface area (Å²) in [4.78, 5) is 6.96. The van der Waals surface area contributed by atoms with Crippen molar-refractivity contribution in [3.63, 3.8) is 0 Å². The van der Waals surface area contributed by atoms with Gasteiger partial charge in [-0.3, -0.25) is 0 Å². The lowest BCUT2D eigenvalue weighted by molar-refractivity contribution is 0.590. The van der Waals surface area contributed by atoms with E-state index in [0.717, 1.165) is 112 Å². The molecule has 79 heavy (non-hydrogen) atoms. The van der Waals surface area contributed by atoms with E-state index in [0.29, 0.717) is 5.02 Å². The normalized spacial score (nSPS) is 11.8. The third-order valence-corrected chi connectivity index (χ3v) is 15.2. The van der Waals surface area contributed by atoms with Crippen LogP contribution in [-0.2, 0) is 10.8 Å². The zero-order valence-electron chi connectivity index (χ0n) is 45.7. The zero-order valence-corrected chi connectivity index (χ0v) is 46.5. The molecule has 0 aliphatic heterocycles. The molecule has 0 saturated heterocycles. The van der Waals surface area contributed by atoms with Gasteiger partial charge in [0.15, 0.2) is 0 Å². The first kappa shape index (κ1) is 50.8. The van der Waals surface area contributed by atoms with Crippen molar-refractivity contribution in [3.8, 4) is 33.8 Å². The molecule has 0 aliphatic carbocycles. The Morgan fingerprint density at radius 2 is 0.785 bits per heavy atom. The number of furan rings is 2. The van der Waals surface area contributed by atoms with Crippen molar-refractivity contribution in [3.05, 3.63) is 270 Å². The minimum atomic E-state index is -0.117. The number of nitrogens with zero attached hydrogens (tertiary/aromatic N) is 3. The van der Waals surface area contributed by atoms with Crippen molar-refractivity contribution in [1.82, 2.24) is 0 Å². The van der Waals surface area contributed by atoms with Gasteiger partial charge in [-0.2, -0.15) is 0 Å². The fraction of sp³-hybridized carbons (Fsp3) is 0.123. The first-order chi connectivity index (χ1) is 38.2. The summed E-state index contributed by atoms with van der Waals surface area (Å²) in [5.74, 6) is 1.50. The van der Waals surface area contributed by atoms with E-state index in [4.69, 9.17) is 20.4 Å². The summed E-state index contributed by atoms with van der Waals surface area (Å²) in [5, 5.41) is 2.62. The molecule has 0 aliphatic rings. The lowest BCUT2D eigenvalue weighted by atomic mass is 9.84. The molecule has 0 saturated carbocycles. The lowest BCUT2D eigenvalue weighted by Gasteiger charge is -2.34. The minimum Gasteiger partial charge on any atom is -0.456 e. The molecule has 388 valence electrons. The van der Waals surface area contributed by atoms with E-state index < -0.39 is 0 Å². The van der Waals surface area contributed by atoms with Gasteiger partial charge in [0.25, 0.3) is 0 Å². The molecule has 0 spiro atoms. The monoisotopic (exact) mass is 1050 g/mol. The molecule has 0 unspecified atom stereocenters. The maximum absolute atomic E-state index is 8.36. The molecule has 2 heterocycles. The SMILES string of the molecule is Cc1cc(N(c2ccc(C(C)(C)C)cc2)c2cc(-c3cc4ccccc4o3)cc(-c3cc4ccccc4o3)c2)c(Cl)c(N(c2cccc(N(c3ccccc3)c3ccccc3)c2)c2ccc(C(C)(C)C)cc2-c2ccccc2)c1. The minimum absolute atomic E-state index is 0.0716. The second kappa shape index (κ2) is 20.7. The summed E-state index contributed by atoms with van der Waals surface area (Å²) in [5.41, 5.74) is 17.4. The molecule has 0 fully saturated rings. The van der Waals surface area contributed by atoms with Crippen molar-refractivity contribution in [2.75, 3.05) is 14.7 Å². The highest BCUT2D eigenvalue weighted by Crippen LogP contribution is 2.52. The Morgan fingerprint density at radius 1 is 0.329 bits per heavy atom. The topological polar surface area (TPSA) is 36.0 Å². The number of anilines is 9. The first-order valence-electron chi connectivity index (χ1n) is 27.1. The molecule has 12 rings (SSSR count). The quantitative estimate of drug-likeness (QED) is 0.122. The average molecular weight is 1050 g/mol. The van der Waals surface area contributed by atoms with Crippen LogP contribution >= 0.6 is 11.6 Å². The third kappa shape index (κ3) is 10.2. The summed E-state index contributed by atoms with van der Waals surface area (Å²) in [7, 11) is 0. The highest BCUT2D eigenvalue weighted by atomic mass is 35.5. The largest absolute Gasteiger partial charge is 0.456 e. The van der Waals surface area contributed by atoms with Crippen molar-refractivity contribution in [2.24, 2.45) is 0 Å². The van der Waals surface area contributed by atoms with Crippen molar-refractivity contribution >= 4 is 84.7 Å². The predicted octanol–water partition coefficient (Wildman–Crippen LogP) is 22.1. The maximum Gasteiger partial charge on any atom is 0.135 e. The zero-order chi connectivity index (χ0) is 54.4. The molecule has 10 aromatic carbocycles. The van der Waals surface area contributed by atoms with Crippen LogP contribution in [0.15, 0.2) is 258 Å². The molecule has 6 heteroatoms. The highest BCUT2D eigenvalue weighted by molar-refractivity contribution is 6.37. The number of halogens is 1. The maximum atomic E-state index is 8.36. The number of fused-ring (bicyclic) bond motifs is 2. The third-order valence-electron chi connectivity index (χ3n) is 14.8. The van der Waals surface area contributed by atoms with E-state index in [1.54, 1.807) is 0 Å². The Labute approximate surface area is 469 Å². The van der Waals surface area contributed by atoms with E-state index >= 15 is 0 Å². The Kier molecular flexibility index (Phi) is 13.3. The number of hydrogen-bond acceptors (Lipinski definition) is 5. The second-order valence-corrected chi connectivity index (χ2v) is 22.9. The molecular weight excluding hydrogens is 986 g/mol. The van der Waals surface area contributed by atoms with Crippen LogP contribution in [0.25, 0.3) is 55.7 Å². The number of hydrogen-bond donors (Lipinski definition) is 0. The van der Waals surface area contributed by atoms with Gasteiger partial charge in [0.05, 0.1) is 22.1 Å². The fourth-order valence-electron chi connectivity index (χ4n) is 10.7. The molecule has 12 aromatic rings. The smallest absolute Gasteiger partial charge is 0.135 e. The van der Waals surface area contributed by atoms with Crippen LogP contribution in [0.1, 0.15) is 58.2 Å². The van der Waals surface area contributed by atoms with Gasteiger partial charge >= 0.3 is 0 Å². The fourth-order valence-corrected chi connectivity index (χ4v) is 11.0. The first-order valence-corrected chi connectivity index (χ1v) is 27.5. The van der Waals surface area contributed by atoms with E-state index in [2.05, 4.69) is 275 Å². The Balaban J connectivity index is 1.13. The van der Waals surface area contributed by atoms with E-state index in [-0.39, 0.29) is 10.8 Å². The van der Waals surface area contributed by atoms with Gasteiger partial charge in [0.1, 0.15) is 22.7 Å². The Morgan fingerprint density at radius 3 is 1.32 bits per heavy atom. The van der Waals surface area contributed by atoms with Gasteiger partial charge in [-0.25, -0.2) is 0 Å². The van der Waals surface area contributed by atoms with Gasteiger partial charge in [-0.1, -0.05) is 181 Å². The standard InChI is InChI=1S/C73H62ClN3O2/c1-49-40-65(76(59-37-34-55(35-38-59)72(2,3)4)62-43-53(69-45-51-24-17-19-32-67(51)78-69)42-54(44-62)70-46-52-25-18-20-33-68(52)79-70)71(74)66(41-49)77(64-39-36-56(73(5,6)7)47-63(64)50-22-11-8-12-23-50)61-31-21-30-60(48-61)75(57-26-13-9-14-27-57)58-28-15-10-16-29-58/h8-48H,1-7H3. The van der Waals surface area contributed by atoms with Gasteiger partial charge in [0.2, 0.25) is 0 Å². The summed E-state index contributed by atoms with van der Waals surface area (Å²) in [6.45, 7) is 15.7. The van der Waals surface area contributed by atoms with Gasteiger partial charge < -0.3 is 23.5 Å². The Bertz CT molecular complexity index is 3930. The molecule has 0 atom stereocenters. The van der Waals surface area contributed by atoms with Crippen molar-refractivity contribution < 1.29 is 8.83 Å². The molecule has 0 N–H and O–H groups in total. The van der Waals surface area contributed by atoms with Crippen molar-refractivity contribution in [1.29, 1.82) is 0 Å². The van der Waals surface area contributed by atoms with Crippen LogP contribution in [0, 0.1) is 6.92 Å². The number of benzene rings is 10. The predicted molar refractivity (Wildman–Crippen MR) is 333 cm³/mol. The highest BCUT2D eigenvalue weighted by Gasteiger charge is 2.29. The van der Waals surface area contributed by atoms with Gasteiger partial charge in [-0.15, -0.1) is 0 Å². The number of para-hydroxylation sites is 4. The molecular formula is C73H62ClN3O2. The summed E-state index contributed by atoms with van der Waals surface area (Å²) in [6.07, 6.45) is 0. The van der Waals surface area contributed by atoms with Crippen LogP contribution in [0.4, 0.5) is 51.2 Å². The molecule has 0 bridgehead atoms. The van der Waals surface area contributed by atoms with E-state index in [9.17, 15) is 0 Å². The Hall–Kier alpha value is -9.03. The summed E-state index contributed by atoms with van der Waals surface area (Å²) >= 11 is 8.36. The van der Waals surface area contributed by atoms with Crippen LogP contribution in [-0.4, -0.2) is 0 Å². The second-order valence-electron chi connectivity index (χ2n) is 22.5. The average Bonchev–Trinajstić information content (AvgIpc) is 4.16. The molecule has 0 radical (unpaired) electrons. The van der Waals surface area contributed by atoms with Crippen LogP contribution < -0.4 is 14.7 Å². The van der Waals surface area contributed by atoms with Gasteiger partial charge in [-0.05, 0) is 161 Å². The van der Waals surface area contributed by atoms with Crippen molar-refractivity contribution in [2.45, 2.75) is 59.3 Å². The number of aryl methyl sites for hydroxylation is 1. The van der Waals surface area contributed by atoms with E-state index in [1.807, 2.05) is 36.4 Å². The molecule has 0 amide bonds. The van der Waals surface area contributed by atoms with E-state index in [1.165, 1.54) is 11.1 Å². The van der Waals surface area contributed by atoms with Crippen LogP contribution in [0.5, 0.6) is 0 Å². The molecule has 2 aromatic heterocycles. The van der Waals surface area contributed by atoms with Gasteiger partial charge in [0, 0.05) is 61.6 Å². The number of rotatable bonds is 12. The summed E-state index contributed by atoms with van der Waals surface area (Å²) < 4.78 is 13.3. The lowest BCUT2D eigenvalue weighted by Crippen LogP contribution is -2.17. The van der Waals surface area contributed by atoms with Crippen LogP contribution in [0.3, 0.4) is 0 Å². The van der Waals surface area contributed by atoms with Crippen LogP contribution in [0.2, 0.25) is 5.02 Å². The molecule has 5 nitrogen and oxygen atoms in total. The summed E-state index contributed by atoms with van der Waals surface area (Å²) in [6, 6.07) is 88.0.